The van der Waals surface area contributed by atoms with Gasteiger partial charge in [0.15, 0.2) is 0 Å². The van der Waals surface area contributed by atoms with Gasteiger partial charge >= 0.3 is 0 Å². The minimum absolute atomic E-state index is 0.0126. The Kier molecular flexibility index (Phi) is 1.63. The zero-order valence-corrected chi connectivity index (χ0v) is 10.1. The van der Waals surface area contributed by atoms with Gasteiger partial charge < -0.3 is 10.7 Å². The molecule has 0 spiro atoms. The molecule has 2 aliphatic carbocycles. The van der Waals surface area contributed by atoms with Crippen molar-refractivity contribution >= 4 is 22.6 Å². The predicted octanol–water partition coefficient (Wildman–Crippen LogP) is 2.13. The zero-order valence-electron chi connectivity index (χ0n) is 9.33. The van der Waals surface area contributed by atoms with E-state index in [-0.39, 0.29) is 11.0 Å². The van der Waals surface area contributed by atoms with E-state index in [1.54, 1.807) is 0 Å². The van der Waals surface area contributed by atoms with E-state index >= 15 is 0 Å². The largest absolute Gasteiger partial charge is 0.346 e. The van der Waals surface area contributed by atoms with Gasteiger partial charge in [-0.3, -0.25) is 0 Å². The molecule has 2 aliphatic rings. The number of nitrogens with zero attached hydrogens (tertiary/aromatic N) is 2. The normalized spacial score (nSPS) is 23.9. The minimum atomic E-state index is -0.0126. The van der Waals surface area contributed by atoms with Crippen LogP contribution in [-0.4, -0.2) is 20.5 Å². The molecule has 0 saturated heterocycles. The third kappa shape index (κ3) is 1.12. The second-order valence-electron chi connectivity index (χ2n) is 5.33. The Hall–Kier alpha value is -1.13. The molecule has 0 bridgehead atoms. The molecular formula is C12H13ClN4. The fraction of sp³-hybridized carbons (Fsp3) is 0.500. The summed E-state index contributed by atoms with van der Waals surface area (Å²) < 4.78 is 0. The van der Waals surface area contributed by atoms with Crippen molar-refractivity contribution in [1.82, 2.24) is 15.0 Å². The van der Waals surface area contributed by atoms with Gasteiger partial charge in [-0.1, -0.05) is 11.6 Å². The molecule has 4 nitrogen and oxygen atoms in total. The van der Waals surface area contributed by atoms with Gasteiger partial charge in [0, 0.05) is 17.2 Å². The molecule has 2 fully saturated rings. The second-order valence-corrected chi connectivity index (χ2v) is 5.69. The quantitative estimate of drug-likeness (QED) is 0.800. The average Bonchev–Trinajstić information content (AvgIpc) is 3.21. The van der Waals surface area contributed by atoms with Gasteiger partial charge in [0.2, 0.25) is 0 Å². The number of nitrogens with one attached hydrogen (secondary N) is 1. The fourth-order valence-electron chi connectivity index (χ4n) is 3.08. The zero-order chi connectivity index (χ0) is 11.7. The third-order valence-corrected chi connectivity index (χ3v) is 4.72. The Morgan fingerprint density at radius 1 is 1.24 bits per heavy atom. The van der Waals surface area contributed by atoms with Crippen LogP contribution in [0.1, 0.15) is 31.2 Å². The Balaban J connectivity index is 1.98. The fourth-order valence-corrected chi connectivity index (χ4v) is 3.31. The van der Waals surface area contributed by atoms with Crippen molar-refractivity contribution in [2.75, 3.05) is 0 Å². The molecule has 88 valence electrons. The van der Waals surface area contributed by atoms with Crippen LogP contribution in [0, 0.1) is 0 Å². The second kappa shape index (κ2) is 2.82. The summed E-state index contributed by atoms with van der Waals surface area (Å²) in [5, 5.41) is 1.49. The summed E-state index contributed by atoms with van der Waals surface area (Å²) in [6.45, 7) is 0. The Bertz CT molecular complexity index is 610. The van der Waals surface area contributed by atoms with Gasteiger partial charge in [0.25, 0.3) is 0 Å². The summed E-state index contributed by atoms with van der Waals surface area (Å²) in [5.74, 6) is 0. The molecule has 2 aromatic rings. The standard InChI is InChI=1S/C12H13ClN4/c13-9-8-7(5-15-10(8)17-6-16-9)11(1-2-11)12(14)3-4-12/h5-6H,1-4,14H2,(H,15,16,17). The smallest absolute Gasteiger partial charge is 0.142 e. The summed E-state index contributed by atoms with van der Waals surface area (Å²) in [4.78, 5) is 11.5. The summed E-state index contributed by atoms with van der Waals surface area (Å²) in [5.41, 5.74) is 8.57. The van der Waals surface area contributed by atoms with Crippen LogP contribution >= 0.6 is 11.6 Å². The molecule has 5 heteroatoms. The average molecular weight is 249 g/mol. The molecule has 2 saturated carbocycles. The highest BCUT2D eigenvalue weighted by Crippen LogP contribution is 2.64. The van der Waals surface area contributed by atoms with Crippen LogP contribution in [0.25, 0.3) is 11.0 Å². The lowest BCUT2D eigenvalue weighted by Gasteiger charge is -2.22. The van der Waals surface area contributed by atoms with Crippen molar-refractivity contribution < 1.29 is 0 Å². The van der Waals surface area contributed by atoms with Gasteiger partial charge in [0.1, 0.15) is 17.1 Å². The highest BCUT2D eigenvalue weighted by molar-refractivity contribution is 6.34. The molecule has 4 rings (SSSR count). The highest BCUT2D eigenvalue weighted by Gasteiger charge is 2.64. The van der Waals surface area contributed by atoms with Crippen LogP contribution in [0.5, 0.6) is 0 Å². The van der Waals surface area contributed by atoms with Crippen LogP contribution in [0.15, 0.2) is 12.5 Å². The minimum Gasteiger partial charge on any atom is -0.346 e. The highest BCUT2D eigenvalue weighted by atomic mass is 35.5. The molecule has 17 heavy (non-hydrogen) atoms. The number of hydrogen-bond donors (Lipinski definition) is 2. The first-order valence-electron chi connectivity index (χ1n) is 5.93. The molecule has 2 aromatic heterocycles. The van der Waals surface area contributed by atoms with E-state index in [4.69, 9.17) is 17.3 Å². The van der Waals surface area contributed by atoms with E-state index < -0.39 is 0 Å². The van der Waals surface area contributed by atoms with E-state index in [0.29, 0.717) is 5.15 Å². The van der Waals surface area contributed by atoms with Gasteiger partial charge in [-0.25, -0.2) is 9.97 Å². The molecular weight excluding hydrogens is 236 g/mol. The predicted molar refractivity (Wildman–Crippen MR) is 66.0 cm³/mol. The first-order chi connectivity index (χ1) is 8.16. The van der Waals surface area contributed by atoms with Crippen molar-refractivity contribution in [2.45, 2.75) is 36.6 Å². The van der Waals surface area contributed by atoms with Crippen molar-refractivity contribution in [3.63, 3.8) is 0 Å². The van der Waals surface area contributed by atoms with Gasteiger partial charge in [0.05, 0.1) is 5.39 Å². The number of aromatic nitrogens is 3. The maximum atomic E-state index is 6.42. The number of H-pyrrole nitrogens is 1. The molecule has 0 unspecified atom stereocenters. The van der Waals surface area contributed by atoms with E-state index in [1.807, 2.05) is 6.20 Å². The molecule has 0 radical (unpaired) electrons. The maximum absolute atomic E-state index is 6.42. The SMILES string of the molecule is NC1(C2(c3c[nH]c4ncnc(Cl)c34)CC2)CC1. The molecule has 0 aliphatic heterocycles. The number of aromatic amines is 1. The van der Waals surface area contributed by atoms with Crippen LogP contribution in [-0.2, 0) is 5.41 Å². The Labute approximate surface area is 104 Å². The van der Waals surface area contributed by atoms with Crippen LogP contribution < -0.4 is 5.73 Å². The monoisotopic (exact) mass is 248 g/mol. The molecule has 2 heterocycles. The van der Waals surface area contributed by atoms with E-state index in [2.05, 4.69) is 15.0 Å². The summed E-state index contributed by atoms with van der Waals surface area (Å²) in [6, 6.07) is 0. The maximum Gasteiger partial charge on any atom is 0.142 e. The Morgan fingerprint density at radius 3 is 2.65 bits per heavy atom. The summed E-state index contributed by atoms with van der Waals surface area (Å²) in [7, 11) is 0. The van der Waals surface area contributed by atoms with Crippen molar-refractivity contribution in [3.05, 3.63) is 23.2 Å². The number of halogens is 1. The molecule has 0 atom stereocenters. The first-order valence-corrected chi connectivity index (χ1v) is 6.31. The van der Waals surface area contributed by atoms with E-state index in [0.717, 1.165) is 36.7 Å². The van der Waals surface area contributed by atoms with Crippen molar-refractivity contribution in [3.8, 4) is 0 Å². The molecule has 0 amide bonds. The van der Waals surface area contributed by atoms with Gasteiger partial charge in [-0.05, 0) is 31.2 Å². The topological polar surface area (TPSA) is 67.6 Å². The van der Waals surface area contributed by atoms with E-state index in [9.17, 15) is 0 Å². The lowest BCUT2D eigenvalue weighted by molar-refractivity contribution is 0.506. The first kappa shape index (κ1) is 9.85. The van der Waals surface area contributed by atoms with Crippen molar-refractivity contribution in [1.29, 1.82) is 0 Å². The van der Waals surface area contributed by atoms with Gasteiger partial charge in [-0.2, -0.15) is 0 Å². The molecule has 3 N–H and O–H groups in total. The van der Waals surface area contributed by atoms with Crippen molar-refractivity contribution in [2.24, 2.45) is 5.73 Å². The number of hydrogen-bond acceptors (Lipinski definition) is 3. The lowest BCUT2D eigenvalue weighted by Crippen LogP contribution is -2.37. The summed E-state index contributed by atoms with van der Waals surface area (Å²) >= 11 is 6.20. The number of nitrogens with two attached hydrogens (primary N) is 1. The lowest BCUT2D eigenvalue weighted by atomic mass is 9.86. The van der Waals surface area contributed by atoms with E-state index in [1.165, 1.54) is 11.9 Å². The van der Waals surface area contributed by atoms with Crippen LogP contribution in [0.3, 0.4) is 0 Å². The van der Waals surface area contributed by atoms with Gasteiger partial charge in [-0.15, -0.1) is 0 Å². The van der Waals surface area contributed by atoms with Crippen LogP contribution in [0.2, 0.25) is 5.15 Å². The Morgan fingerprint density at radius 2 is 2.00 bits per heavy atom. The number of fused-ring (bicyclic) bond motifs is 1. The molecule has 0 aromatic carbocycles. The van der Waals surface area contributed by atoms with Crippen LogP contribution in [0.4, 0.5) is 0 Å². The number of rotatable bonds is 2. The summed E-state index contributed by atoms with van der Waals surface area (Å²) in [6.07, 6.45) is 8.05. The third-order valence-electron chi connectivity index (χ3n) is 4.43.